The van der Waals surface area contributed by atoms with E-state index in [2.05, 4.69) is 10.6 Å². The predicted molar refractivity (Wildman–Crippen MR) is 273 cm³/mol. The molecule has 0 unspecified atom stereocenters. The molecule has 6 aromatic carbocycles. The van der Waals surface area contributed by atoms with E-state index in [1.54, 1.807) is 17.1 Å². The number of nitrogens with zero attached hydrogens (tertiary/aromatic N) is 2. The minimum Gasteiger partial charge on any atom is -0.870 e. The molecule has 72 heavy (non-hydrogen) atoms. The van der Waals surface area contributed by atoms with E-state index < -0.39 is 41.9 Å². The molecule has 0 spiro atoms. The first-order valence-electron chi connectivity index (χ1n) is 22.8. The van der Waals surface area contributed by atoms with Crippen LogP contribution in [0.15, 0.2) is 194 Å². The SMILES string of the molecule is C.COC(=O)[C@@H]1C[C@H](NC(=O)/C=C/c2ccccc2)CN1C(=O)C(c1ccccc1)c1ccccc1.O=C(/C=C/c1ccccc1)N[C@H]1C[C@@H](C(=O)O)N(C(=O)C(c2ccccc2)c2ccccc2)C1.[Li+].[OH-]. The molecule has 13 nitrogen and oxygen atoms in total. The van der Waals surface area contributed by atoms with Gasteiger partial charge in [-0.05, 0) is 45.5 Å². The van der Waals surface area contributed by atoms with Crippen molar-refractivity contribution in [2.24, 2.45) is 0 Å². The number of aliphatic carboxylic acids is 1. The Bertz CT molecular complexity index is 2650. The van der Waals surface area contributed by atoms with Gasteiger partial charge in [-0.1, -0.05) is 189 Å². The third kappa shape index (κ3) is 15.1. The van der Waals surface area contributed by atoms with Gasteiger partial charge in [0.25, 0.3) is 0 Å². The largest absolute Gasteiger partial charge is 1.00 e. The first-order chi connectivity index (χ1) is 33.6. The number of hydrogen-bond acceptors (Lipinski definition) is 8. The summed E-state index contributed by atoms with van der Waals surface area (Å²) in [7, 11) is 1.31. The van der Waals surface area contributed by atoms with Crippen LogP contribution in [0.3, 0.4) is 0 Å². The Balaban J connectivity index is 0.000000300. The fraction of sp³-hybridized carbons (Fsp3) is 0.207. The van der Waals surface area contributed by atoms with Crippen LogP contribution in [0, 0.1) is 0 Å². The molecule has 4 atom stereocenters. The van der Waals surface area contributed by atoms with Crippen LogP contribution in [-0.2, 0) is 33.5 Å². The van der Waals surface area contributed by atoms with Gasteiger partial charge in [0, 0.05) is 50.2 Å². The van der Waals surface area contributed by atoms with Gasteiger partial charge in [0.1, 0.15) is 12.1 Å². The molecule has 0 aromatic heterocycles. The fourth-order valence-corrected chi connectivity index (χ4v) is 8.80. The van der Waals surface area contributed by atoms with Gasteiger partial charge in [-0.15, -0.1) is 0 Å². The third-order valence-corrected chi connectivity index (χ3v) is 12.1. The average Bonchev–Trinajstić information content (AvgIpc) is 4.02. The number of carboxylic acids is 1. The van der Waals surface area contributed by atoms with Crippen molar-refractivity contribution in [2.45, 2.75) is 56.3 Å². The molecule has 0 radical (unpaired) electrons. The zero-order valence-corrected chi connectivity index (χ0v) is 39.6. The molecular weight excluding hydrogens is 904 g/mol. The molecule has 6 aromatic rings. The summed E-state index contributed by atoms with van der Waals surface area (Å²) in [4.78, 5) is 80.2. The summed E-state index contributed by atoms with van der Waals surface area (Å²) in [6.07, 6.45) is 6.76. The van der Waals surface area contributed by atoms with Crippen molar-refractivity contribution in [2.75, 3.05) is 20.2 Å². The van der Waals surface area contributed by atoms with Gasteiger partial charge in [-0.3, -0.25) is 19.2 Å². The molecule has 4 amide bonds. The zero-order valence-electron chi connectivity index (χ0n) is 39.6. The minimum atomic E-state index is -1.08. The Labute approximate surface area is 433 Å². The molecule has 2 heterocycles. The maximum Gasteiger partial charge on any atom is 1.00 e. The number of rotatable bonds is 14. The first kappa shape index (κ1) is 56.8. The molecule has 366 valence electrons. The minimum absolute atomic E-state index is 0. The third-order valence-electron chi connectivity index (χ3n) is 12.1. The van der Waals surface area contributed by atoms with Crippen LogP contribution in [0.25, 0.3) is 12.2 Å². The number of carbonyl (C=O) groups excluding carboxylic acids is 5. The molecule has 2 saturated heterocycles. The van der Waals surface area contributed by atoms with Crippen molar-refractivity contribution in [1.29, 1.82) is 0 Å². The normalized spacial score (nSPS) is 16.9. The van der Waals surface area contributed by atoms with E-state index in [1.807, 2.05) is 182 Å². The van der Waals surface area contributed by atoms with E-state index in [0.29, 0.717) is 6.42 Å². The summed E-state index contributed by atoms with van der Waals surface area (Å²) >= 11 is 0. The van der Waals surface area contributed by atoms with Gasteiger partial charge in [-0.2, -0.15) is 0 Å². The Morgan fingerprint density at radius 3 is 1.11 bits per heavy atom. The van der Waals surface area contributed by atoms with E-state index in [0.717, 1.165) is 33.4 Å². The molecule has 2 aliphatic heterocycles. The zero-order chi connectivity index (χ0) is 48.5. The summed E-state index contributed by atoms with van der Waals surface area (Å²) in [5.41, 5.74) is 5.06. The van der Waals surface area contributed by atoms with E-state index in [-0.39, 0.29) is 80.9 Å². The van der Waals surface area contributed by atoms with E-state index >= 15 is 0 Å². The molecule has 8 rings (SSSR count). The van der Waals surface area contributed by atoms with Crippen molar-refractivity contribution in [1.82, 2.24) is 20.4 Å². The van der Waals surface area contributed by atoms with Crippen molar-refractivity contribution in [3.63, 3.8) is 0 Å². The number of hydrogen-bond donors (Lipinski definition) is 3. The Hall–Kier alpha value is -7.82. The quantitative estimate of drug-likeness (QED) is 0.0770. The summed E-state index contributed by atoms with van der Waals surface area (Å²) in [6.45, 7) is 0.358. The van der Waals surface area contributed by atoms with Gasteiger partial charge in [0.15, 0.2) is 0 Å². The maximum atomic E-state index is 13.9. The molecule has 0 bridgehead atoms. The Morgan fingerprint density at radius 1 is 0.514 bits per heavy atom. The van der Waals surface area contributed by atoms with Crippen LogP contribution in [0.5, 0.6) is 0 Å². The smallest absolute Gasteiger partial charge is 0.870 e. The second kappa shape index (κ2) is 28.1. The number of benzene rings is 6. The van der Waals surface area contributed by atoms with E-state index in [1.165, 1.54) is 24.2 Å². The summed E-state index contributed by atoms with van der Waals surface area (Å²) in [5.74, 6) is -3.86. The van der Waals surface area contributed by atoms with Gasteiger partial charge >= 0.3 is 30.8 Å². The number of nitrogens with one attached hydrogen (secondary N) is 2. The molecule has 0 aliphatic carbocycles. The van der Waals surface area contributed by atoms with Crippen LogP contribution >= 0.6 is 0 Å². The summed E-state index contributed by atoms with van der Waals surface area (Å²) in [6, 6.07) is 54.0. The van der Waals surface area contributed by atoms with Gasteiger partial charge < -0.3 is 35.8 Å². The molecule has 14 heteroatoms. The predicted octanol–water partition coefficient (Wildman–Crippen LogP) is 4.96. The average molecular weight is 963 g/mol. The Kier molecular flexibility index (Phi) is 22.2. The van der Waals surface area contributed by atoms with Crippen molar-refractivity contribution in [3.05, 3.63) is 228 Å². The molecule has 4 N–H and O–H groups in total. The van der Waals surface area contributed by atoms with Crippen molar-refractivity contribution >= 4 is 47.7 Å². The number of esters is 1. The molecule has 2 aliphatic rings. The van der Waals surface area contributed by atoms with Crippen LogP contribution in [0.2, 0.25) is 0 Å². The summed E-state index contributed by atoms with van der Waals surface area (Å²) in [5, 5.41) is 15.6. The van der Waals surface area contributed by atoms with E-state index in [9.17, 15) is 33.9 Å². The monoisotopic (exact) mass is 962 g/mol. The summed E-state index contributed by atoms with van der Waals surface area (Å²) < 4.78 is 5.00. The van der Waals surface area contributed by atoms with Crippen LogP contribution in [0.1, 0.15) is 65.5 Å². The second-order valence-corrected chi connectivity index (χ2v) is 16.8. The fourth-order valence-electron chi connectivity index (χ4n) is 8.80. The van der Waals surface area contributed by atoms with Crippen LogP contribution in [-0.4, -0.2) is 100 Å². The van der Waals surface area contributed by atoms with Gasteiger partial charge in [0.05, 0.1) is 18.9 Å². The standard InChI is InChI=1S/C29H28N2O4.C28H26N2O4.CH4.Li.H2O/c1-35-29(34)25-19-24(30-26(32)18-17-21-11-5-2-6-12-21)20-31(25)28(33)27(22-13-7-3-8-14-22)23-15-9-4-10-16-23;31-25(17-16-20-10-4-1-5-11-20)29-23-18-24(28(33)34)30(19-23)27(32)26(21-12-6-2-7-13-21)22-14-8-3-9-15-22;;;/h2-18,24-25,27H,19-20H2,1H3,(H,30,32);1-17,23-24,26H,18-19H2,(H,29,31)(H,33,34);1H4;;1H2/q;;;+1;/p-1/b18-17+;17-16+;;;/t24-,25-;23-,24-;;;/m00.../s1. The number of carbonyl (C=O) groups is 6. The van der Waals surface area contributed by atoms with Crippen LogP contribution < -0.4 is 29.5 Å². The molecule has 2 fully saturated rings. The van der Waals surface area contributed by atoms with Gasteiger partial charge in [-0.25, -0.2) is 9.59 Å². The van der Waals surface area contributed by atoms with Crippen LogP contribution in [0.4, 0.5) is 0 Å². The Morgan fingerprint density at radius 2 is 0.806 bits per heavy atom. The maximum absolute atomic E-state index is 13.9. The number of carboxylic acid groups (broad SMARTS) is 1. The van der Waals surface area contributed by atoms with E-state index in [4.69, 9.17) is 4.74 Å². The number of methoxy groups -OCH3 is 1. The first-order valence-corrected chi connectivity index (χ1v) is 22.8. The van der Waals surface area contributed by atoms with Crippen molar-refractivity contribution < 1.29 is 62.9 Å². The van der Waals surface area contributed by atoms with Crippen molar-refractivity contribution in [3.8, 4) is 0 Å². The molecular formula is C58H59LiN4O9. The second-order valence-electron chi connectivity index (χ2n) is 16.8. The number of amides is 4. The number of ether oxygens (including phenoxy) is 1. The van der Waals surface area contributed by atoms with Gasteiger partial charge in [0.2, 0.25) is 23.6 Å². The number of likely N-dealkylation sites (tertiary alicyclic amines) is 2. The topological polar surface area (TPSA) is 192 Å². The molecule has 0 saturated carbocycles.